The van der Waals surface area contributed by atoms with Crippen LogP contribution in [0.15, 0.2) is 24.3 Å². The average Bonchev–Trinajstić information content (AvgIpc) is 2.25. The third-order valence-electron chi connectivity index (χ3n) is 2.33. The van der Waals surface area contributed by atoms with Crippen LogP contribution in [0.3, 0.4) is 0 Å². The molecule has 84 valence electrons. The summed E-state index contributed by atoms with van der Waals surface area (Å²) in [6.07, 6.45) is 0.933. The van der Waals surface area contributed by atoms with E-state index in [1.54, 1.807) is 0 Å². The third kappa shape index (κ3) is 3.56. The monoisotopic (exact) mass is 207 g/mol. The lowest BCUT2D eigenvalue weighted by atomic mass is 10.0. The van der Waals surface area contributed by atoms with Crippen LogP contribution in [0.4, 0.5) is 0 Å². The van der Waals surface area contributed by atoms with Gasteiger partial charge in [-0.2, -0.15) is 0 Å². The molecule has 2 heteroatoms. The van der Waals surface area contributed by atoms with E-state index in [-0.39, 0.29) is 6.04 Å². The Labute approximate surface area is 92.4 Å². The highest BCUT2D eigenvalue weighted by Gasteiger charge is 2.09. The molecule has 1 atom stereocenters. The minimum Gasteiger partial charge on any atom is -0.493 e. The van der Waals surface area contributed by atoms with Crippen molar-refractivity contribution in [3.05, 3.63) is 29.8 Å². The molecule has 0 aliphatic heterocycles. The van der Waals surface area contributed by atoms with Gasteiger partial charge in [0.1, 0.15) is 5.75 Å². The van der Waals surface area contributed by atoms with E-state index in [1.807, 2.05) is 24.3 Å². The largest absolute Gasteiger partial charge is 0.493 e. The van der Waals surface area contributed by atoms with Gasteiger partial charge in [0.25, 0.3) is 0 Å². The summed E-state index contributed by atoms with van der Waals surface area (Å²) in [7, 11) is 0. The molecular weight excluding hydrogens is 186 g/mol. The predicted molar refractivity (Wildman–Crippen MR) is 64.0 cm³/mol. The lowest BCUT2D eigenvalue weighted by molar-refractivity contribution is 0.267. The number of para-hydroxylation sites is 1. The summed E-state index contributed by atoms with van der Waals surface area (Å²) < 4.78 is 5.74. The molecule has 0 aromatic heterocycles. The maximum atomic E-state index is 6.02. The van der Waals surface area contributed by atoms with E-state index in [9.17, 15) is 0 Å². The quantitative estimate of drug-likeness (QED) is 0.805. The molecule has 0 unspecified atom stereocenters. The lowest BCUT2D eigenvalue weighted by Crippen LogP contribution is -2.12. The van der Waals surface area contributed by atoms with Crippen molar-refractivity contribution < 1.29 is 4.74 Å². The molecule has 0 fully saturated rings. The van der Waals surface area contributed by atoms with Crippen LogP contribution in [0.5, 0.6) is 5.75 Å². The fourth-order valence-electron chi connectivity index (χ4n) is 1.39. The minimum atomic E-state index is 0.0772. The van der Waals surface area contributed by atoms with E-state index in [2.05, 4.69) is 20.8 Å². The van der Waals surface area contributed by atoms with Crippen molar-refractivity contribution in [1.29, 1.82) is 0 Å². The summed E-state index contributed by atoms with van der Waals surface area (Å²) in [5.74, 6) is 1.47. The molecule has 1 rings (SSSR count). The number of benzene rings is 1. The van der Waals surface area contributed by atoms with Crippen LogP contribution < -0.4 is 10.5 Å². The van der Waals surface area contributed by atoms with Crippen molar-refractivity contribution >= 4 is 0 Å². The molecule has 0 spiro atoms. The van der Waals surface area contributed by atoms with Gasteiger partial charge in [0, 0.05) is 11.6 Å². The van der Waals surface area contributed by atoms with Gasteiger partial charge in [0.05, 0.1) is 6.61 Å². The first-order valence-electron chi connectivity index (χ1n) is 5.62. The van der Waals surface area contributed by atoms with Crippen molar-refractivity contribution in [3.63, 3.8) is 0 Å². The zero-order valence-corrected chi connectivity index (χ0v) is 9.86. The first-order chi connectivity index (χ1) is 7.15. The second-order valence-electron chi connectivity index (χ2n) is 4.26. The Kier molecular flexibility index (Phi) is 4.63. The smallest absolute Gasteiger partial charge is 0.124 e. The highest BCUT2D eigenvalue weighted by molar-refractivity contribution is 5.35. The summed E-state index contributed by atoms with van der Waals surface area (Å²) in [6, 6.07) is 8.11. The topological polar surface area (TPSA) is 35.2 Å². The Bertz CT molecular complexity index is 296. The van der Waals surface area contributed by atoms with Gasteiger partial charge >= 0.3 is 0 Å². The third-order valence-corrected chi connectivity index (χ3v) is 2.33. The number of hydrogen-bond acceptors (Lipinski definition) is 2. The molecule has 1 aromatic rings. The zero-order chi connectivity index (χ0) is 11.3. The lowest BCUT2D eigenvalue weighted by Gasteiger charge is -2.16. The van der Waals surface area contributed by atoms with Crippen molar-refractivity contribution in [2.24, 2.45) is 11.7 Å². The Hall–Kier alpha value is -1.02. The zero-order valence-electron chi connectivity index (χ0n) is 9.86. The second-order valence-corrected chi connectivity index (χ2v) is 4.26. The summed E-state index contributed by atoms with van der Waals surface area (Å²) in [4.78, 5) is 0. The molecule has 2 nitrogen and oxygen atoms in total. The van der Waals surface area contributed by atoms with E-state index in [4.69, 9.17) is 10.5 Å². The summed E-state index contributed by atoms with van der Waals surface area (Å²) in [5, 5.41) is 0. The van der Waals surface area contributed by atoms with Crippen LogP contribution in [0.25, 0.3) is 0 Å². The number of ether oxygens (including phenoxy) is 1. The molecule has 15 heavy (non-hydrogen) atoms. The van der Waals surface area contributed by atoms with Crippen LogP contribution in [-0.4, -0.2) is 6.61 Å². The fourth-order valence-corrected chi connectivity index (χ4v) is 1.39. The van der Waals surface area contributed by atoms with Crippen molar-refractivity contribution in [3.8, 4) is 5.75 Å². The van der Waals surface area contributed by atoms with Crippen LogP contribution >= 0.6 is 0 Å². The molecule has 0 bridgehead atoms. The summed E-state index contributed by atoms with van der Waals surface area (Å²) >= 11 is 0. The molecule has 0 aliphatic rings. The van der Waals surface area contributed by atoms with Gasteiger partial charge < -0.3 is 10.5 Å². The highest BCUT2D eigenvalue weighted by atomic mass is 16.5. The van der Waals surface area contributed by atoms with Gasteiger partial charge in [0.15, 0.2) is 0 Å². The Balaban J connectivity index is 2.77. The van der Waals surface area contributed by atoms with Crippen molar-refractivity contribution in [2.75, 3.05) is 6.61 Å². The number of rotatable bonds is 5. The van der Waals surface area contributed by atoms with E-state index in [0.717, 1.165) is 24.3 Å². The number of nitrogens with two attached hydrogens (primary N) is 1. The Morgan fingerprint density at radius 1 is 1.27 bits per heavy atom. The molecule has 0 aliphatic carbocycles. The van der Waals surface area contributed by atoms with E-state index >= 15 is 0 Å². The Morgan fingerprint density at radius 2 is 1.93 bits per heavy atom. The van der Waals surface area contributed by atoms with Gasteiger partial charge in [-0.3, -0.25) is 0 Å². The first-order valence-corrected chi connectivity index (χ1v) is 5.62. The van der Waals surface area contributed by atoms with Gasteiger partial charge in [0.2, 0.25) is 0 Å². The second kappa shape index (κ2) is 5.76. The van der Waals surface area contributed by atoms with Crippen LogP contribution in [0.2, 0.25) is 0 Å². The standard InChI is InChI=1S/C13H21NO/c1-4-12(14)11-7-5-6-8-13(11)15-9-10(2)3/h5-8,10,12H,4,9,14H2,1-3H3/t12-/m1/s1. The normalized spacial score (nSPS) is 12.9. The van der Waals surface area contributed by atoms with Gasteiger partial charge in [-0.05, 0) is 18.4 Å². The predicted octanol–water partition coefficient (Wildman–Crippen LogP) is 3.13. The fraction of sp³-hybridized carbons (Fsp3) is 0.538. The Morgan fingerprint density at radius 3 is 2.53 bits per heavy atom. The molecule has 1 aromatic carbocycles. The van der Waals surface area contributed by atoms with Crippen molar-refractivity contribution in [2.45, 2.75) is 33.2 Å². The molecular formula is C13H21NO. The van der Waals surface area contributed by atoms with Gasteiger partial charge in [-0.15, -0.1) is 0 Å². The van der Waals surface area contributed by atoms with Crippen molar-refractivity contribution in [1.82, 2.24) is 0 Å². The molecule has 2 N–H and O–H groups in total. The first kappa shape index (κ1) is 12.1. The maximum Gasteiger partial charge on any atom is 0.124 e. The SMILES string of the molecule is CC[C@@H](N)c1ccccc1OCC(C)C. The van der Waals surface area contributed by atoms with Gasteiger partial charge in [-0.25, -0.2) is 0 Å². The summed E-state index contributed by atoms with van der Waals surface area (Å²) in [6.45, 7) is 7.11. The number of hydrogen-bond donors (Lipinski definition) is 1. The average molecular weight is 207 g/mol. The van der Waals surface area contributed by atoms with Crippen LogP contribution in [-0.2, 0) is 0 Å². The highest BCUT2D eigenvalue weighted by Crippen LogP contribution is 2.25. The molecule has 0 saturated heterocycles. The molecule has 0 amide bonds. The van der Waals surface area contributed by atoms with Crippen LogP contribution in [0.1, 0.15) is 38.8 Å². The molecule has 0 saturated carbocycles. The van der Waals surface area contributed by atoms with Gasteiger partial charge in [-0.1, -0.05) is 39.0 Å². The molecule has 0 heterocycles. The minimum absolute atomic E-state index is 0.0772. The summed E-state index contributed by atoms with van der Waals surface area (Å²) in [5.41, 5.74) is 7.13. The van der Waals surface area contributed by atoms with E-state index in [1.165, 1.54) is 0 Å². The van der Waals surface area contributed by atoms with E-state index in [0.29, 0.717) is 5.92 Å². The van der Waals surface area contributed by atoms with E-state index < -0.39 is 0 Å². The van der Waals surface area contributed by atoms with Crippen LogP contribution in [0, 0.1) is 5.92 Å². The maximum absolute atomic E-state index is 6.02. The molecule has 0 radical (unpaired) electrons.